The Balaban J connectivity index is 1.75. The molecule has 4 rings (SSSR count). The number of hydrogen-bond donors (Lipinski definition) is 2. The van der Waals surface area contributed by atoms with E-state index < -0.39 is 5.60 Å². The van der Waals surface area contributed by atoms with Crippen molar-refractivity contribution >= 4 is 0 Å². The third kappa shape index (κ3) is 1.76. The fourth-order valence-corrected chi connectivity index (χ4v) is 6.20. The Hall–Kier alpha value is -1.02. The molecule has 3 aliphatic carbocycles. The van der Waals surface area contributed by atoms with Gasteiger partial charge in [-0.05, 0) is 104 Å². The fraction of sp³-hybridized carbons (Fsp3) is 0.700. The molecular weight excluding hydrogens is 272 g/mol. The fourth-order valence-electron chi connectivity index (χ4n) is 6.20. The molecule has 0 bridgehead atoms. The Bertz CT molecular complexity index is 618. The van der Waals surface area contributed by atoms with Crippen molar-refractivity contribution in [2.45, 2.75) is 70.8 Å². The third-order valence-electron chi connectivity index (χ3n) is 7.57. The second-order valence-electron chi connectivity index (χ2n) is 8.52. The van der Waals surface area contributed by atoms with E-state index in [4.69, 9.17) is 0 Å². The van der Waals surface area contributed by atoms with Gasteiger partial charge in [0.15, 0.2) is 0 Å². The van der Waals surface area contributed by atoms with Gasteiger partial charge in [-0.1, -0.05) is 6.92 Å². The lowest BCUT2D eigenvalue weighted by atomic mass is 9.53. The van der Waals surface area contributed by atoms with Gasteiger partial charge in [0, 0.05) is 0 Å². The molecule has 2 saturated carbocycles. The van der Waals surface area contributed by atoms with Gasteiger partial charge in [0.2, 0.25) is 0 Å². The highest BCUT2D eigenvalue weighted by Crippen LogP contribution is 2.64. The number of aromatic hydroxyl groups is 1. The van der Waals surface area contributed by atoms with Gasteiger partial charge in [-0.2, -0.15) is 0 Å². The van der Waals surface area contributed by atoms with Crippen LogP contribution in [0.2, 0.25) is 0 Å². The van der Waals surface area contributed by atoms with E-state index in [9.17, 15) is 10.2 Å². The van der Waals surface area contributed by atoms with Gasteiger partial charge < -0.3 is 10.2 Å². The topological polar surface area (TPSA) is 40.5 Å². The highest BCUT2D eigenvalue weighted by Gasteiger charge is 2.59. The Labute approximate surface area is 133 Å². The van der Waals surface area contributed by atoms with E-state index in [2.05, 4.69) is 20.8 Å². The minimum atomic E-state index is -0.493. The van der Waals surface area contributed by atoms with Crippen molar-refractivity contribution in [3.05, 3.63) is 28.8 Å². The maximum atomic E-state index is 10.9. The summed E-state index contributed by atoms with van der Waals surface area (Å²) in [5, 5.41) is 20.8. The van der Waals surface area contributed by atoms with Crippen LogP contribution in [-0.4, -0.2) is 15.8 Å². The van der Waals surface area contributed by atoms with Gasteiger partial charge in [-0.3, -0.25) is 0 Å². The van der Waals surface area contributed by atoms with Crippen LogP contribution in [0.3, 0.4) is 0 Å². The van der Waals surface area contributed by atoms with Crippen LogP contribution in [0, 0.1) is 24.2 Å². The summed E-state index contributed by atoms with van der Waals surface area (Å²) in [6, 6.07) is 3.91. The SMILES string of the molecule is Cc1cc(O)cc2c1[C@@H]1CC[C@]3(C)[C@H](CC[C@]3(C)O)[C@H]1CC2. The molecule has 1 aromatic carbocycles. The first-order chi connectivity index (χ1) is 10.3. The van der Waals surface area contributed by atoms with Crippen LogP contribution in [-0.2, 0) is 6.42 Å². The quantitative estimate of drug-likeness (QED) is 0.749. The first kappa shape index (κ1) is 14.6. The maximum Gasteiger partial charge on any atom is 0.116 e. The Morgan fingerprint density at radius 2 is 1.86 bits per heavy atom. The van der Waals surface area contributed by atoms with Crippen LogP contribution in [0.25, 0.3) is 0 Å². The number of phenols is 1. The molecule has 2 heteroatoms. The molecule has 0 amide bonds. The molecular formula is C20H28O2. The predicted molar refractivity (Wildman–Crippen MR) is 88.1 cm³/mol. The Kier molecular flexibility index (Phi) is 2.98. The van der Waals surface area contributed by atoms with Crippen LogP contribution in [0.5, 0.6) is 5.75 Å². The van der Waals surface area contributed by atoms with Crippen LogP contribution in [0.1, 0.15) is 68.6 Å². The summed E-state index contributed by atoms with van der Waals surface area (Å²) in [6.45, 7) is 6.55. The summed E-state index contributed by atoms with van der Waals surface area (Å²) < 4.78 is 0. The van der Waals surface area contributed by atoms with Gasteiger partial charge >= 0.3 is 0 Å². The van der Waals surface area contributed by atoms with Crippen LogP contribution in [0.15, 0.2) is 12.1 Å². The second-order valence-corrected chi connectivity index (χ2v) is 8.52. The monoisotopic (exact) mass is 300 g/mol. The number of aryl methyl sites for hydroxylation is 2. The molecule has 2 fully saturated rings. The number of rotatable bonds is 0. The van der Waals surface area contributed by atoms with Crippen molar-refractivity contribution in [3.63, 3.8) is 0 Å². The van der Waals surface area contributed by atoms with Crippen molar-refractivity contribution < 1.29 is 10.2 Å². The van der Waals surface area contributed by atoms with Gasteiger partial charge in [0.05, 0.1) is 5.60 Å². The molecule has 0 heterocycles. The zero-order valence-electron chi connectivity index (χ0n) is 14.0. The van der Waals surface area contributed by atoms with E-state index in [0.29, 0.717) is 23.5 Å². The van der Waals surface area contributed by atoms with Gasteiger partial charge in [-0.25, -0.2) is 0 Å². The van der Waals surface area contributed by atoms with E-state index in [1.165, 1.54) is 36.0 Å². The average Bonchev–Trinajstić information content (AvgIpc) is 2.68. The van der Waals surface area contributed by atoms with Crippen molar-refractivity contribution in [2.75, 3.05) is 0 Å². The smallest absolute Gasteiger partial charge is 0.116 e. The first-order valence-corrected chi connectivity index (χ1v) is 8.88. The molecule has 0 radical (unpaired) electrons. The molecule has 0 unspecified atom stereocenters. The third-order valence-corrected chi connectivity index (χ3v) is 7.57. The summed E-state index contributed by atoms with van der Waals surface area (Å²) in [6.07, 6.45) is 6.76. The summed E-state index contributed by atoms with van der Waals surface area (Å²) in [7, 11) is 0. The van der Waals surface area contributed by atoms with Gasteiger partial charge in [-0.15, -0.1) is 0 Å². The molecule has 3 aliphatic rings. The number of fused-ring (bicyclic) bond motifs is 5. The number of phenolic OH excluding ortho intramolecular Hbond substituents is 1. The minimum Gasteiger partial charge on any atom is -0.508 e. The zero-order valence-corrected chi connectivity index (χ0v) is 14.0. The summed E-state index contributed by atoms with van der Waals surface area (Å²) in [4.78, 5) is 0. The molecule has 120 valence electrons. The van der Waals surface area contributed by atoms with Gasteiger partial charge in [0.1, 0.15) is 5.75 Å². The van der Waals surface area contributed by atoms with Crippen molar-refractivity contribution in [3.8, 4) is 5.75 Å². The van der Waals surface area contributed by atoms with E-state index in [0.717, 1.165) is 19.3 Å². The maximum absolute atomic E-state index is 10.9. The molecule has 2 N–H and O–H groups in total. The normalized spacial score (nSPS) is 43.4. The lowest BCUT2D eigenvalue weighted by Gasteiger charge is -2.52. The summed E-state index contributed by atoms with van der Waals surface area (Å²) in [5.74, 6) is 2.42. The lowest BCUT2D eigenvalue weighted by Crippen LogP contribution is -2.49. The summed E-state index contributed by atoms with van der Waals surface area (Å²) >= 11 is 0. The molecule has 0 spiro atoms. The largest absolute Gasteiger partial charge is 0.508 e. The van der Waals surface area contributed by atoms with Gasteiger partial charge in [0.25, 0.3) is 0 Å². The second kappa shape index (κ2) is 4.50. The Morgan fingerprint density at radius 1 is 1.09 bits per heavy atom. The van der Waals surface area contributed by atoms with Crippen molar-refractivity contribution in [2.24, 2.45) is 17.3 Å². The molecule has 2 nitrogen and oxygen atoms in total. The first-order valence-electron chi connectivity index (χ1n) is 8.88. The Morgan fingerprint density at radius 3 is 2.64 bits per heavy atom. The van der Waals surface area contributed by atoms with E-state index in [-0.39, 0.29) is 5.41 Å². The molecule has 0 aromatic heterocycles. The standard InChI is InChI=1S/C20H28O2/c1-12-10-14(21)11-13-4-5-15-16(18(12)13)6-8-19(2)17(15)7-9-20(19,3)22/h10-11,15-17,21-22H,4-9H2,1-3H3/t15-,16+,17+,19+,20-/m0/s1. The number of aliphatic hydroxyl groups is 1. The molecule has 1 aromatic rings. The van der Waals surface area contributed by atoms with E-state index in [1.807, 2.05) is 12.1 Å². The van der Waals surface area contributed by atoms with Crippen LogP contribution < -0.4 is 0 Å². The molecule has 5 atom stereocenters. The number of benzene rings is 1. The summed E-state index contributed by atoms with van der Waals surface area (Å²) in [5.41, 5.74) is 3.75. The average molecular weight is 300 g/mol. The zero-order chi connectivity index (χ0) is 15.7. The molecule has 0 aliphatic heterocycles. The van der Waals surface area contributed by atoms with Crippen LogP contribution in [0.4, 0.5) is 0 Å². The van der Waals surface area contributed by atoms with E-state index >= 15 is 0 Å². The predicted octanol–water partition coefficient (Wildman–Crippen LogP) is 4.31. The number of hydrogen-bond acceptors (Lipinski definition) is 2. The highest BCUT2D eigenvalue weighted by molar-refractivity contribution is 5.45. The van der Waals surface area contributed by atoms with E-state index in [1.54, 1.807) is 0 Å². The molecule has 22 heavy (non-hydrogen) atoms. The van der Waals surface area contributed by atoms with Crippen LogP contribution >= 0.6 is 0 Å². The molecule has 0 saturated heterocycles. The lowest BCUT2D eigenvalue weighted by molar-refractivity contribution is -0.0902. The van der Waals surface area contributed by atoms with Crippen molar-refractivity contribution in [1.82, 2.24) is 0 Å². The van der Waals surface area contributed by atoms with Crippen molar-refractivity contribution in [1.29, 1.82) is 0 Å². The minimum absolute atomic E-state index is 0.0937. The highest BCUT2D eigenvalue weighted by atomic mass is 16.3.